The monoisotopic (exact) mass is 274 g/mol. The summed E-state index contributed by atoms with van der Waals surface area (Å²) in [7, 11) is 0. The number of nitriles is 1. The maximum Gasteiger partial charge on any atom is 0.150 e. The van der Waals surface area contributed by atoms with E-state index in [1.54, 1.807) is 0 Å². The lowest BCUT2D eigenvalue weighted by atomic mass is 10.1. The minimum atomic E-state index is -0.131. The number of hydrogen-bond donors (Lipinski definition) is 2. The van der Waals surface area contributed by atoms with Gasteiger partial charge in [0.2, 0.25) is 0 Å². The highest BCUT2D eigenvalue weighted by Gasteiger charge is 2.20. The summed E-state index contributed by atoms with van der Waals surface area (Å²) in [4.78, 5) is 3.11. The summed E-state index contributed by atoms with van der Waals surface area (Å²) in [6.07, 6.45) is 12.0. The van der Waals surface area contributed by atoms with Crippen molar-refractivity contribution in [3.8, 4) is 6.07 Å². The van der Waals surface area contributed by atoms with Crippen molar-refractivity contribution >= 4 is 0 Å². The third-order valence-electron chi connectivity index (χ3n) is 3.77. The first kappa shape index (κ1) is 16.4. The molecule has 0 aliphatic heterocycles. The molecule has 108 valence electrons. The zero-order valence-corrected chi connectivity index (χ0v) is 11.7. The Kier molecular flexibility index (Phi) is 7.65. The molecule has 2 N–H and O–H groups in total. The molecule has 0 bridgehead atoms. The van der Waals surface area contributed by atoms with Crippen LogP contribution < -0.4 is 0 Å². The third kappa shape index (κ3) is 6.52. The van der Waals surface area contributed by atoms with Crippen LogP contribution in [0.2, 0.25) is 0 Å². The molecular formula is C16H22N2O2. The first-order chi connectivity index (χ1) is 9.65. The zero-order chi connectivity index (χ0) is 14.8. The molecule has 0 aromatic carbocycles. The Balaban J connectivity index is 0.000000200. The number of hydrogen-bond acceptors (Lipinski definition) is 3. The summed E-state index contributed by atoms with van der Waals surface area (Å²) in [5, 5.41) is 26.4. The van der Waals surface area contributed by atoms with Crippen LogP contribution in [0.4, 0.5) is 0 Å². The second-order valence-electron chi connectivity index (χ2n) is 5.41. The summed E-state index contributed by atoms with van der Waals surface area (Å²) in [6, 6.07) is 1.95. The van der Waals surface area contributed by atoms with Crippen LogP contribution in [0.1, 0.15) is 38.5 Å². The maximum absolute atomic E-state index is 9.09. The van der Waals surface area contributed by atoms with Crippen LogP contribution in [0.3, 0.4) is 0 Å². The highest BCUT2D eigenvalue weighted by atomic mass is 16.3. The molecule has 4 nitrogen and oxygen atoms in total. The topological polar surface area (TPSA) is 68.6 Å². The molecule has 0 aromatic heterocycles. The van der Waals surface area contributed by atoms with Gasteiger partial charge in [-0.1, -0.05) is 12.2 Å². The third-order valence-corrected chi connectivity index (χ3v) is 3.77. The number of aliphatic hydroxyl groups is 2. The van der Waals surface area contributed by atoms with Crippen LogP contribution in [0, 0.1) is 29.7 Å². The molecule has 0 aromatic rings. The predicted molar refractivity (Wildman–Crippen MR) is 77.2 cm³/mol. The molecule has 2 saturated carbocycles. The van der Waals surface area contributed by atoms with E-state index in [1.165, 1.54) is 12.3 Å². The van der Waals surface area contributed by atoms with Gasteiger partial charge in [0, 0.05) is 6.08 Å². The quantitative estimate of drug-likeness (QED) is 0.601. The minimum absolute atomic E-state index is 0.125. The van der Waals surface area contributed by atoms with Crippen molar-refractivity contribution < 1.29 is 10.2 Å². The molecule has 2 fully saturated rings. The van der Waals surface area contributed by atoms with Gasteiger partial charge in [-0.3, -0.25) is 0 Å². The van der Waals surface area contributed by atoms with E-state index < -0.39 is 0 Å². The summed E-state index contributed by atoms with van der Waals surface area (Å²) >= 11 is 0. The molecule has 2 aliphatic rings. The van der Waals surface area contributed by atoms with E-state index in [-0.39, 0.29) is 12.2 Å². The van der Waals surface area contributed by atoms with E-state index in [4.69, 9.17) is 22.0 Å². The molecule has 2 rings (SSSR count). The van der Waals surface area contributed by atoms with Gasteiger partial charge in [-0.15, -0.1) is 0 Å². The van der Waals surface area contributed by atoms with Gasteiger partial charge >= 0.3 is 0 Å². The fraction of sp³-hybridized carbons (Fsp3) is 0.625. The molecular weight excluding hydrogens is 252 g/mol. The van der Waals surface area contributed by atoms with Gasteiger partial charge in [0.05, 0.1) is 24.8 Å². The van der Waals surface area contributed by atoms with Crippen molar-refractivity contribution in [1.29, 1.82) is 5.26 Å². The standard InChI is InChI=1S/2C8H11NO/c1-9-5-4-7-2-3-8(10)6-7;9-5-1-2-7-3-4-8(10)6-7/h4-5,7-8,10H,2-3,6H2;1-2,7-8,10H,3-4,6H2/t7-,8-;7-,8+/m00/s1. The molecule has 2 aliphatic carbocycles. The molecule has 0 unspecified atom stereocenters. The van der Waals surface area contributed by atoms with Crippen LogP contribution in [-0.4, -0.2) is 22.4 Å². The molecule has 0 saturated heterocycles. The predicted octanol–water partition coefficient (Wildman–Crippen LogP) is 2.81. The fourth-order valence-corrected chi connectivity index (χ4v) is 2.68. The van der Waals surface area contributed by atoms with Gasteiger partial charge in [-0.05, 0) is 50.4 Å². The van der Waals surface area contributed by atoms with Crippen LogP contribution in [0.15, 0.2) is 24.4 Å². The lowest BCUT2D eigenvalue weighted by Gasteiger charge is -1.98. The Morgan fingerprint density at radius 2 is 1.55 bits per heavy atom. The average molecular weight is 274 g/mol. The average Bonchev–Trinajstić information content (AvgIpc) is 3.03. The van der Waals surface area contributed by atoms with E-state index in [0.717, 1.165) is 38.5 Å². The Bertz CT molecular complexity index is 377. The largest absolute Gasteiger partial charge is 0.393 e. The fourth-order valence-electron chi connectivity index (χ4n) is 2.68. The van der Waals surface area contributed by atoms with Crippen LogP contribution in [-0.2, 0) is 0 Å². The second kappa shape index (κ2) is 9.31. The normalized spacial score (nSPS) is 32.8. The lowest BCUT2D eigenvalue weighted by Crippen LogP contribution is -1.97. The van der Waals surface area contributed by atoms with Gasteiger partial charge in [-0.25, -0.2) is 4.85 Å². The Morgan fingerprint density at radius 1 is 1.00 bits per heavy atom. The highest BCUT2D eigenvalue weighted by Crippen LogP contribution is 2.26. The first-order valence-corrected chi connectivity index (χ1v) is 7.11. The molecule has 0 heterocycles. The van der Waals surface area contributed by atoms with Crippen LogP contribution in [0.5, 0.6) is 0 Å². The lowest BCUT2D eigenvalue weighted by molar-refractivity contribution is 0.180. The Labute approximate surface area is 120 Å². The van der Waals surface area contributed by atoms with Crippen molar-refractivity contribution in [3.63, 3.8) is 0 Å². The van der Waals surface area contributed by atoms with Gasteiger partial charge in [0.25, 0.3) is 0 Å². The zero-order valence-electron chi connectivity index (χ0n) is 11.7. The van der Waals surface area contributed by atoms with E-state index >= 15 is 0 Å². The van der Waals surface area contributed by atoms with Crippen molar-refractivity contribution in [2.45, 2.75) is 50.7 Å². The number of rotatable bonds is 2. The van der Waals surface area contributed by atoms with Gasteiger partial charge in [-0.2, -0.15) is 5.26 Å². The SMILES string of the molecule is N#CC=C[C@H]1CC[C@@H](O)C1.[C-]#[N+]C=C[C@@H]1CC[C@H](O)C1. The van der Waals surface area contributed by atoms with Crippen molar-refractivity contribution in [2.75, 3.05) is 0 Å². The summed E-state index contributed by atoms with van der Waals surface area (Å²) in [5.74, 6) is 0.888. The van der Waals surface area contributed by atoms with Crippen LogP contribution >= 0.6 is 0 Å². The van der Waals surface area contributed by atoms with E-state index in [9.17, 15) is 0 Å². The molecule has 20 heavy (non-hydrogen) atoms. The van der Waals surface area contributed by atoms with Gasteiger partial charge in [0.15, 0.2) is 6.20 Å². The van der Waals surface area contributed by atoms with E-state index in [1.807, 2.05) is 18.2 Å². The first-order valence-electron chi connectivity index (χ1n) is 7.11. The molecule has 4 heteroatoms. The molecule has 0 spiro atoms. The smallest absolute Gasteiger partial charge is 0.150 e. The number of nitrogens with zero attached hydrogens (tertiary/aromatic N) is 2. The Hall–Kier alpha value is -1.62. The maximum atomic E-state index is 9.09. The number of allylic oxidation sites excluding steroid dienone is 3. The molecule has 0 amide bonds. The summed E-state index contributed by atoms with van der Waals surface area (Å²) in [5.41, 5.74) is 0. The van der Waals surface area contributed by atoms with Crippen molar-refractivity contribution in [3.05, 3.63) is 35.8 Å². The van der Waals surface area contributed by atoms with E-state index in [0.29, 0.717) is 11.8 Å². The van der Waals surface area contributed by atoms with Crippen molar-refractivity contribution in [1.82, 2.24) is 0 Å². The second-order valence-corrected chi connectivity index (χ2v) is 5.41. The Morgan fingerprint density at radius 3 is 1.95 bits per heavy atom. The minimum Gasteiger partial charge on any atom is -0.393 e. The molecule has 4 atom stereocenters. The van der Waals surface area contributed by atoms with E-state index in [2.05, 4.69) is 4.85 Å². The van der Waals surface area contributed by atoms with Crippen molar-refractivity contribution in [2.24, 2.45) is 11.8 Å². The molecule has 0 radical (unpaired) electrons. The van der Waals surface area contributed by atoms with Crippen LogP contribution in [0.25, 0.3) is 4.85 Å². The van der Waals surface area contributed by atoms with Gasteiger partial charge < -0.3 is 10.2 Å². The number of aliphatic hydroxyl groups excluding tert-OH is 2. The summed E-state index contributed by atoms with van der Waals surface area (Å²) < 4.78 is 0. The van der Waals surface area contributed by atoms with Gasteiger partial charge in [0.1, 0.15) is 0 Å². The summed E-state index contributed by atoms with van der Waals surface area (Å²) in [6.45, 7) is 6.49. The highest BCUT2D eigenvalue weighted by molar-refractivity contribution is 5.05.